The van der Waals surface area contributed by atoms with Crippen LogP contribution in [-0.4, -0.2) is 17.9 Å². The van der Waals surface area contributed by atoms with Crippen molar-refractivity contribution < 1.29 is 14.3 Å². The van der Waals surface area contributed by atoms with Gasteiger partial charge in [0.05, 0.1) is 0 Å². The van der Waals surface area contributed by atoms with E-state index in [1.165, 1.54) is 6.92 Å². The minimum Gasteiger partial charge on any atom is -0.481 e. The first-order chi connectivity index (χ1) is 9.06. The predicted molar refractivity (Wildman–Crippen MR) is 72.4 cm³/mol. The zero-order valence-electron chi connectivity index (χ0n) is 11.1. The molecule has 1 atom stereocenters. The number of carbonyl (C=O) groups excluding carboxylic acids is 2. The maximum Gasteiger partial charge on any atom is 0.274 e. The summed E-state index contributed by atoms with van der Waals surface area (Å²) in [6.07, 6.45) is 0.778. The van der Waals surface area contributed by atoms with Crippen LogP contribution in [0.4, 0.5) is 5.69 Å². The molecule has 0 heterocycles. The average molecular weight is 265 g/mol. The first-order valence-corrected chi connectivity index (χ1v) is 6.11. The fraction of sp³-hybridized carbons (Fsp3) is 0.385. The molecule has 0 aliphatic rings. The van der Waals surface area contributed by atoms with Crippen LogP contribution < -0.4 is 21.3 Å². The second-order valence-electron chi connectivity index (χ2n) is 4.11. The lowest BCUT2D eigenvalue weighted by atomic mass is 10.2. The topological polar surface area (TPSA) is 93.4 Å². The Labute approximate surface area is 112 Å². The molecule has 6 heteroatoms. The van der Waals surface area contributed by atoms with Gasteiger partial charge in [0.25, 0.3) is 5.91 Å². The monoisotopic (exact) mass is 265 g/mol. The lowest BCUT2D eigenvalue weighted by Gasteiger charge is -2.17. The lowest BCUT2D eigenvalue weighted by molar-refractivity contribution is -0.128. The molecule has 0 radical (unpaired) electrons. The summed E-state index contributed by atoms with van der Waals surface area (Å²) in [5.74, 6) is 5.17. The van der Waals surface area contributed by atoms with Crippen molar-refractivity contribution in [3.63, 3.8) is 0 Å². The van der Waals surface area contributed by atoms with Crippen molar-refractivity contribution in [3.05, 3.63) is 24.3 Å². The lowest BCUT2D eigenvalue weighted by Crippen LogP contribution is -2.42. The molecule has 2 amide bonds. The molecule has 104 valence electrons. The quantitative estimate of drug-likeness (QED) is 0.409. The van der Waals surface area contributed by atoms with Crippen LogP contribution in [0.3, 0.4) is 0 Å². The van der Waals surface area contributed by atoms with Gasteiger partial charge in [-0.15, -0.1) is 0 Å². The molecular weight excluding hydrogens is 246 g/mol. The highest BCUT2D eigenvalue weighted by Crippen LogP contribution is 2.18. The van der Waals surface area contributed by atoms with Gasteiger partial charge in [-0.3, -0.25) is 15.0 Å². The number of hydrogen-bond acceptors (Lipinski definition) is 4. The van der Waals surface area contributed by atoms with Crippen LogP contribution in [-0.2, 0) is 9.59 Å². The van der Waals surface area contributed by atoms with Gasteiger partial charge in [0.15, 0.2) is 6.10 Å². The molecule has 4 N–H and O–H groups in total. The minimum atomic E-state index is -0.610. The van der Waals surface area contributed by atoms with Gasteiger partial charge in [-0.05, 0) is 30.7 Å². The SMILES string of the molecule is CCCC(Oc1ccc(NC(C)=O)cc1)C(=O)NN. The highest BCUT2D eigenvalue weighted by molar-refractivity contribution is 5.88. The Morgan fingerprint density at radius 2 is 1.95 bits per heavy atom. The second-order valence-corrected chi connectivity index (χ2v) is 4.11. The summed E-state index contributed by atoms with van der Waals surface area (Å²) in [6.45, 7) is 3.40. The van der Waals surface area contributed by atoms with Gasteiger partial charge < -0.3 is 10.1 Å². The number of hydrazine groups is 1. The molecule has 1 rings (SSSR count). The van der Waals surface area contributed by atoms with Crippen molar-refractivity contribution in [1.82, 2.24) is 5.43 Å². The summed E-state index contributed by atoms with van der Waals surface area (Å²) >= 11 is 0. The molecule has 1 aromatic carbocycles. The molecule has 0 fully saturated rings. The standard InChI is InChI=1S/C13H19N3O3/c1-3-4-12(13(18)16-14)19-11-7-5-10(6-8-11)15-9(2)17/h5-8,12H,3-4,14H2,1-2H3,(H,15,17)(H,16,18). The summed E-state index contributed by atoms with van der Waals surface area (Å²) in [6, 6.07) is 6.80. The number of nitrogens with one attached hydrogen (secondary N) is 2. The van der Waals surface area contributed by atoms with Gasteiger partial charge in [0.1, 0.15) is 5.75 Å². The highest BCUT2D eigenvalue weighted by Gasteiger charge is 2.18. The number of rotatable bonds is 6. The smallest absolute Gasteiger partial charge is 0.274 e. The Bertz CT molecular complexity index is 431. The van der Waals surface area contributed by atoms with Gasteiger partial charge in [-0.25, -0.2) is 5.84 Å². The Morgan fingerprint density at radius 1 is 1.32 bits per heavy atom. The minimum absolute atomic E-state index is 0.139. The molecule has 6 nitrogen and oxygen atoms in total. The molecule has 0 saturated carbocycles. The van der Waals surface area contributed by atoms with E-state index in [0.29, 0.717) is 17.9 Å². The number of ether oxygens (including phenoxy) is 1. The average Bonchev–Trinajstić information content (AvgIpc) is 2.39. The number of anilines is 1. The molecule has 1 aromatic rings. The third-order valence-electron chi connectivity index (χ3n) is 2.44. The van der Waals surface area contributed by atoms with Crippen molar-refractivity contribution in [1.29, 1.82) is 0 Å². The molecule has 0 aromatic heterocycles. The fourth-order valence-electron chi connectivity index (χ4n) is 1.58. The first-order valence-electron chi connectivity index (χ1n) is 6.11. The van der Waals surface area contributed by atoms with Gasteiger partial charge in [0.2, 0.25) is 5.91 Å². The summed E-state index contributed by atoms with van der Waals surface area (Å²) < 4.78 is 5.56. The van der Waals surface area contributed by atoms with Gasteiger partial charge in [-0.1, -0.05) is 13.3 Å². The Balaban J connectivity index is 2.69. The van der Waals surface area contributed by atoms with Crippen LogP contribution in [0.15, 0.2) is 24.3 Å². The maximum absolute atomic E-state index is 11.5. The first kappa shape index (κ1) is 15.0. The van der Waals surface area contributed by atoms with Crippen LogP contribution >= 0.6 is 0 Å². The van der Waals surface area contributed by atoms with E-state index in [9.17, 15) is 9.59 Å². The summed E-state index contributed by atoms with van der Waals surface area (Å²) in [5.41, 5.74) is 2.76. The number of benzene rings is 1. The third-order valence-corrected chi connectivity index (χ3v) is 2.44. The van der Waals surface area contributed by atoms with E-state index < -0.39 is 6.10 Å². The van der Waals surface area contributed by atoms with Crippen LogP contribution in [0.5, 0.6) is 5.75 Å². The Morgan fingerprint density at radius 3 is 2.42 bits per heavy atom. The van der Waals surface area contributed by atoms with Gasteiger partial charge in [0, 0.05) is 12.6 Å². The molecule has 0 aliphatic carbocycles. The zero-order valence-corrected chi connectivity index (χ0v) is 11.1. The molecule has 1 unspecified atom stereocenters. The Kier molecular flexibility index (Phi) is 5.81. The fourth-order valence-corrected chi connectivity index (χ4v) is 1.58. The third kappa shape index (κ3) is 4.97. The Hall–Kier alpha value is -2.08. The molecule has 0 bridgehead atoms. The number of nitrogens with two attached hydrogens (primary N) is 1. The van der Waals surface area contributed by atoms with Crippen molar-refractivity contribution in [2.24, 2.45) is 5.84 Å². The van der Waals surface area contributed by atoms with E-state index >= 15 is 0 Å². The van der Waals surface area contributed by atoms with Gasteiger partial charge >= 0.3 is 0 Å². The summed E-state index contributed by atoms with van der Waals surface area (Å²) in [5, 5.41) is 2.65. The summed E-state index contributed by atoms with van der Waals surface area (Å²) in [4.78, 5) is 22.4. The second kappa shape index (κ2) is 7.38. The highest BCUT2D eigenvalue weighted by atomic mass is 16.5. The van der Waals surface area contributed by atoms with E-state index in [-0.39, 0.29) is 11.8 Å². The molecule has 0 saturated heterocycles. The number of amides is 2. The van der Waals surface area contributed by atoms with Crippen molar-refractivity contribution >= 4 is 17.5 Å². The maximum atomic E-state index is 11.5. The molecular formula is C13H19N3O3. The number of carbonyl (C=O) groups is 2. The van der Waals surface area contributed by atoms with E-state index in [2.05, 4.69) is 10.7 Å². The van der Waals surface area contributed by atoms with E-state index in [0.717, 1.165) is 6.42 Å². The van der Waals surface area contributed by atoms with E-state index in [4.69, 9.17) is 10.6 Å². The van der Waals surface area contributed by atoms with Crippen LogP contribution in [0.25, 0.3) is 0 Å². The predicted octanol–water partition coefficient (Wildman–Crippen LogP) is 1.18. The van der Waals surface area contributed by atoms with Crippen LogP contribution in [0.2, 0.25) is 0 Å². The largest absolute Gasteiger partial charge is 0.481 e. The zero-order chi connectivity index (χ0) is 14.3. The molecule has 19 heavy (non-hydrogen) atoms. The van der Waals surface area contributed by atoms with Crippen molar-refractivity contribution in [3.8, 4) is 5.75 Å². The number of hydrogen-bond donors (Lipinski definition) is 3. The van der Waals surface area contributed by atoms with E-state index in [1.54, 1.807) is 24.3 Å². The van der Waals surface area contributed by atoms with Crippen molar-refractivity contribution in [2.75, 3.05) is 5.32 Å². The van der Waals surface area contributed by atoms with Crippen LogP contribution in [0, 0.1) is 0 Å². The van der Waals surface area contributed by atoms with Crippen LogP contribution in [0.1, 0.15) is 26.7 Å². The van der Waals surface area contributed by atoms with Gasteiger partial charge in [-0.2, -0.15) is 0 Å². The van der Waals surface area contributed by atoms with E-state index in [1.807, 2.05) is 6.92 Å². The summed E-state index contributed by atoms with van der Waals surface area (Å²) in [7, 11) is 0. The molecule has 0 spiro atoms. The van der Waals surface area contributed by atoms with Crippen molar-refractivity contribution in [2.45, 2.75) is 32.8 Å². The molecule has 0 aliphatic heterocycles. The normalized spacial score (nSPS) is 11.5.